The third-order valence-electron chi connectivity index (χ3n) is 7.28. The molecule has 0 unspecified atom stereocenters. The van der Waals surface area contributed by atoms with Crippen molar-refractivity contribution in [2.75, 3.05) is 6.61 Å². The topological polar surface area (TPSA) is 9.23 Å². The van der Waals surface area contributed by atoms with Gasteiger partial charge in [0.2, 0.25) is 0 Å². The molecule has 2 aliphatic rings. The molecule has 2 fully saturated rings. The van der Waals surface area contributed by atoms with Crippen molar-refractivity contribution < 1.29 is 4.74 Å². The average Bonchev–Trinajstić information content (AvgIpc) is 2.68. The third-order valence-corrected chi connectivity index (χ3v) is 7.28. The number of unbranched alkanes of at least 4 members (excludes halogenated alkanes) is 4. The Morgan fingerprint density at radius 3 is 1.69 bits per heavy atom. The summed E-state index contributed by atoms with van der Waals surface area (Å²) in [6.45, 7) is 5.67. The van der Waals surface area contributed by atoms with Crippen LogP contribution in [0.15, 0.2) is 0 Å². The number of hydrogen-bond acceptors (Lipinski definition) is 1. The highest BCUT2D eigenvalue weighted by molar-refractivity contribution is 4.74. The van der Waals surface area contributed by atoms with Crippen LogP contribution >= 0.6 is 0 Å². The molecule has 1 heteroatoms. The van der Waals surface area contributed by atoms with Crippen molar-refractivity contribution in [2.24, 2.45) is 17.8 Å². The molecule has 0 amide bonds. The predicted molar refractivity (Wildman–Crippen MR) is 115 cm³/mol. The molecule has 0 aromatic heterocycles. The summed E-state index contributed by atoms with van der Waals surface area (Å²) in [6.07, 6.45) is 26.4. The summed E-state index contributed by atoms with van der Waals surface area (Å²) in [5.41, 5.74) is 0. The number of ether oxygens (including phenoxy) is 1. The van der Waals surface area contributed by atoms with Gasteiger partial charge in [0.1, 0.15) is 0 Å². The van der Waals surface area contributed by atoms with Gasteiger partial charge in [0.15, 0.2) is 0 Å². The van der Waals surface area contributed by atoms with Crippen LogP contribution in [0.5, 0.6) is 0 Å². The maximum Gasteiger partial charge on any atom is 0.0575 e. The molecule has 0 heterocycles. The van der Waals surface area contributed by atoms with Crippen molar-refractivity contribution in [1.29, 1.82) is 0 Å². The lowest BCUT2D eigenvalue weighted by molar-refractivity contribution is 0.0131. The van der Waals surface area contributed by atoms with Gasteiger partial charge in [-0.25, -0.2) is 0 Å². The highest BCUT2D eigenvalue weighted by Crippen LogP contribution is 2.34. The van der Waals surface area contributed by atoms with Crippen LogP contribution < -0.4 is 0 Å². The largest absolute Gasteiger partial charge is 0.378 e. The summed E-state index contributed by atoms with van der Waals surface area (Å²) < 4.78 is 6.24. The fourth-order valence-electron chi connectivity index (χ4n) is 5.46. The van der Waals surface area contributed by atoms with Crippen molar-refractivity contribution in [3.8, 4) is 0 Å². The van der Waals surface area contributed by atoms with Crippen LogP contribution in [-0.4, -0.2) is 12.7 Å². The molecule has 0 aromatic rings. The molecule has 0 bridgehead atoms. The zero-order valence-corrected chi connectivity index (χ0v) is 18.2. The van der Waals surface area contributed by atoms with E-state index in [2.05, 4.69) is 13.8 Å². The Bertz CT molecular complexity index is 310. The Morgan fingerprint density at radius 1 is 0.538 bits per heavy atom. The summed E-state index contributed by atoms with van der Waals surface area (Å²) in [5.74, 6) is 3.07. The van der Waals surface area contributed by atoms with E-state index in [4.69, 9.17) is 4.74 Å². The Hall–Kier alpha value is -0.0400. The number of rotatable bonds is 13. The van der Waals surface area contributed by atoms with Crippen LogP contribution in [0.3, 0.4) is 0 Å². The predicted octanol–water partition coefficient (Wildman–Crippen LogP) is 8.31. The van der Waals surface area contributed by atoms with Crippen molar-refractivity contribution in [3.05, 3.63) is 0 Å². The SMILES string of the molecule is CCCCCCCC1CCC(OCCC[C@H]2CC[C@H](CCC)CC2)CC1. The van der Waals surface area contributed by atoms with Gasteiger partial charge in [-0.3, -0.25) is 0 Å². The van der Waals surface area contributed by atoms with E-state index in [1.54, 1.807) is 0 Å². The van der Waals surface area contributed by atoms with Gasteiger partial charge < -0.3 is 4.74 Å². The van der Waals surface area contributed by atoms with Crippen LogP contribution in [0.25, 0.3) is 0 Å². The van der Waals surface area contributed by atoms with E-state index in [1.807, 2.05) is 0 Å². The maximum absolute atomic E-state index is 6.24. The molecule has 0 aromatic carbocycles. The Kier molecular flexibility index (Phi) is 12.0. The van der Waals surface area contributed by atoms with E-state index in [9.17, 15) is 0 Å². The highest BCUT2D eigenvalue weighted by Gasteiger charge is 2.22. The molecule has 1 nitrogen and oxygen atoms in total. The van der Waals surface area contributed by atoms with E-state index >= 15 is 0 Å². The minimum Gasteiger partial charge on any atom is -0.378 e. The zero-order valence-electron chi connectivity index (χ0n) is 18.2. The highest BCUT2D eigenvalue weighted by atomic mass is 16.5. The van der Waals surface area contributed by atoms with E-state index in [1.165, 1.54) is 116 Å². The summed E-state index contributed by atoms with van der Waals surface area (Å²) in [7, 11) is 0. The Balaban J connectivity index is 1.42. The monoisotopic (exact) mass is 364 g/mol. The second-order valence-corrected chi connectivity index (χ2v) is 9.53. The van der Waals surface area contributed by atoms with Crippen LogP contribution in [0.1, 0.15) is 129 Å². The smallest absolute Gasteiger partial charge is 0.0575 e. The molecule has 0 atom stereocenters. The van der Waals surface area contributed by atoms with Crippen LogP contribution in [0, 0.1) is 17.8 Å². The van der Waals surface area contributed by atoms with Gasteiger partial charge in [0.05, 0.1) is 6.10 Å². The summed E-state index contributed by atoms with van der Waals surface area (Å²) in [6, 6.07) is 0. The van der Waals surface area contributed by atoms with Gasteiger partial charge in [0, 0.05) is 6.61 Å². The lowest BCUT2D eigenvalue weighted by Gasteiger charge is -2.30. The first kappa shape index (κ1) is 22.3. The Labute approximate surface area is 165 Å². The first-order chi connectivity index (χ1) is 12.8. The summed E-state index contributed by atoms with van der Waals surface area (Å²) in [5, 5.41) is 0. The molecule has 0 radical (unpaired) electrons. The van der Waals surface area contributed by atoms with Crippen LogP contribution in [0.2, 0.25) is 0 Å². The number of hydrogen-bond donors (Lipinski definition) is 0. The molecule has 2 saturated carbocycles. The molecule has 0 spiro atoms. The minimum atomic E-state index is 0.589. The van der Waals surface area contributed by atoms with E-state index < -0.39 is 0 Å². The maximum atomic E-state index is 6.24. The fourth-order valence-corrected chi connectivity index (χ4v) is 5.46. The van der Waals surface area contributed by atoms with Gasteiger partial charge in [0.25, 0.3) is 0 Å². The Morgan fingerprint density at radius 2 is 1.08 bits per heavy atom. The molecule has 2 aliphatic carbocycles. The fraction of sp³-hybridized carbons (Fsp3) is 1.00. The molecule has 154 valence electrons. The lowest BCUT2D eigenvalue weighted by Crippen LogP contribution is -2.22. The molecule has 0 N–H and O–H groups in total. The summed E-state index contributed by atoms with van der Waals surface area (Å²) in [4.78, 5) is 0. The van der Waals surface area contributed by atoms with E-state index in [0.717, 1.165) is 24.4 Å². The molecule has 0 saturated heterocycles. The molecule has 2 rings (SSSR count). The van der Waals surface area contributed by atoms with Crippen LogP contribution in [-0.2, 0) is 4.74 Å². The van der Waals surface area contributed by atoms with Crippen molar-refractivity contribution in [3.63, 3.8) is 0 Å². The molecular formula is C25H48O. The molecule has 26 heavy (non-hydrogen) atoms. The second kappa shape index (κ2) is 14.0. The lowest BCUT2D eigenvalue weighted by atomic mass is 9.78. The third kappa shape index (κ3) is 9.25. The normalized spacial score (nSPS) is 29.8. The van der Waals surface area contributed by atoms with Gasteiger partial charge >= 0.3 is 0 Å². The van der Waals surface area contributed by atoms with Crippen molar-refractivity contribution >= 4 is 0 Å². The van der Waals surface area contributed by atoms with Crippen molar-refractivity contribution in [1.82, 2.24) is 0 Å². The second-order valence-electron chi connectivity index (χ2n) is 9.53. The first-order valence-corrected chi connectivity index (χ1v) is 12.4. The first-order valence-electron chi connectivity index (χ1n) is 12.4. The average molecular weight is 365 g/mol. The molecular weight excluding hydrogens is 316 g/mol. The van der Waals surface area contributed by atoms with Gasteiger partial charge in [-0.1, -0.05) is 90.9 Å². The van der Waals surface area contributed by atoms with Gasteiger partial charge in [-0.15, -0.1) is 0 Å². The standard InChI is InChI=1S/C25H48O/c1-3-5-6-7-8-11-23-17-19-25(20-18-23)26-21-9-12-24-15-13-22(10-4-2)14-16-24/h22-25H,3-21H2,1-2H3/t22-,23?,24-,25?. The molecule has 0 aliphatic heterocycles. The van der Waals surface area contributed by atoms with Crippen LogP contribution in [0.4, 0.5) is 0 Å². The zero-order chi connectivity index (χ0) is 18.5. The van der Waals surface area contributed by atoms with Gasteiger partial charge in [-0.2, -0.15) is 0 Å². The van der Waals surface area contributed by atoms with E-state index in [0.29, 0.717) is 6.10 Å². The van der Waals surface area contributed by atoms with Crippen molar-refractivity contribution in [2.45, 2.75) is 136 Å². The van der Waals surface area contributed by atoms with Gasteiger partial charge in [-0.05, 0) is 56.3 Å². The minimum absolute atomic E-state index is 0.589. The summed E-state index contributed by atoms with van der Waals surface area (Å²) >= 11 is 0. The van der Waals surface area contributed by atoms with E-state index in [-0.39, 0.29) is 0 Å². The quantitative estimate of drug-likeness (QED) is 0.298.